The Labute approximate surface area is 76.0 Å². The SMILES string of the molecule is O=C(O)CC(=O)O.[Li].[Li]. The monoisotopic (exact) mass is 118 g/mol. The summed E-state index contributed by atoms with van der Waals surface area (Å²) in [6.45, 7) is 0. The Morgan fingerprint density at radius 1 is 1.00 bits per heavy atom. The zero-order valence-electron chi connectivity index (χ0n) is 5.42. The maximum absolute atomic E-state index is 9.43. The van der Waals surface area contributed by atoms with Gasteiger partial charge in [-0.05, 0) is 0 Å². The first-order valence-electron chi connectivity index (χ1n) is 1.56. The van der Waals surface area contributed by atoms with E-state index < -0.39 is 18.4 Å². The van der Waals surface area contributed by atoms with E-state index in [4.69, 9.17) is 10.2 Å². The average molecular weight is 118 g/mol. The van der Waals surface area contributed by atoms with Crippen LogP contribution < -0.4 is 0 Å². The molecule has 0 amide bonds. The standard InChI is InChI=1S/C3H4O4.2Li/c4-2(5)1-3(6)7;;/h1H2,(H,4,5)(H,6,7);;. The summed E-state index contributed by atoms with van der Waals surface area (Å²) in [5, 5.41) is 15.4. The van der Waals surface area contributed by atoms with Crippen molar-refractivity contribution >= 4 is 49.7 Å². The molecule has 0 saturated heterocycles. The maximum atomic E-state index is 9.43. The van der Waals surface area contributed by atoms with Gasteiger partial charge in [-0.25, -0.2) is 0 Å². The second-order valence-electron chi connectivity index (χ2n) is 0.964. The molecule has 0 fully saturated rings. The third-order valence-electron chi connectivity index (χ3n) is 0.302. The molecule has 9 heavy (non-hydrogen) atoms. The predicted molar refractivity (Wildman–Crippen MR) is 31.4 cm³/mol. The molecular formula is C3H4Li2O4. The molecule has 0 aromatic heterocycles. The normalized spacial score (nSPS) is 6.22. The topological polar surface area (TPSA) is 74.6 Å². The van der Waals surface area contributed by atoms with Crippen molar-refractivity contribution in [1.82, 2.24) is 0 Å². The van der Waals surface area contributed by atoms with Gasteiger partial charge in [-0.15, -0.1) is 0 Å². The molecule has 0 spiro atoms. The van der Waals surface area contributed by atoms with Crippen molar-refractivity contribution < 1.29 is 19.8 Å². The minimum Gasteiger partial charge on any atom is -0.481 e. The summed E-state index contributed by atoms with van der Waals surface area (Å²) in [4.78, 5) is 18.9. The quantitative estimate of drug-likeness (QED) is 0.352. The molecule has 42 valence electrons. The number of carbonyl (C=O) groups is 2. The second-order valence-corrected chi connectivity index (χ2v) is 0.964. The molecule has 2 radical (unpaired) electrons. The van der Waals surface area contributed by atoms with Crippen LogP contribution in [-0.2, 0) is 9.59 Å². The Morgan fingerprint density at radius 3 is 1.22 bits per heavy atom. The fourth-order valence-corrected chi connectivity index (χ4v) is 0.129. The molecule has 0 bridgehead atoms. The molecule has 0 aliphatic carbocycles. The Hall–Kier alpha value is 0.135. The molecule has 0 aliphatic heterocycles. The van der Waals surface area contributed by atoms with Gasteiger partial charge >= 0.3 is 11.9 Å². The van der Waals surface area contributed by atoms with E-state index >= 15 is 0 Å². The molecule has 0 saturated carbocycles. The average Bonchev–Trinajstić information content (AvgIpc) is 1.27. The Balaban J connectivity index is -0.000000180. The summed E-state index contributed by atoms with van der Waals surface area (Å²) in [5.74, 6) is -2.62. The van der Waals surface area contributed by atoms with Crippen molar-refractivity contribution in [2.75, 3.05) is 0 Å². The van der Waals surface area contributed by atoms with Crippen molar-refractivity contribution in [3.05, 3.63) is 0 Å². The Morgan fingerprint density at radius 2 is 1.22 bits per heavy atom. The summed E-state index contributed by atoms with van der Waals surface area (Å²) in [6, 6.07) is 0. The van der Waals surface area contributed by atoms with E-state index in [2.05, 4.69) is 0 Å². The van der Waals surface area contributed by atoms with Crippen LogP contribution in [0.2, 0.25) is 0 Å². The Bertz CT molecular complexity index is 90.0. The number of carboxylic acids is 2. The molecule has 0 aromatic rings. The number of hydrogen-bond acceptors (Lipinski definition) is 2. The third kappa shape index (κ3) is 17.9. The van der Waals surface area contributed by atoms with Crippen molar-refractivity contribution in [3.8, 4) is 0 Å². The minimum absolute atomic E-state index is 0. The van der Waals surface area contributed by atoms with Gasteiger partial charge in [0.05, 0.1) is 0 Å². The first-order valence-corrected chi connectivity index (χ1v) is 1.56. The van der Waals surface area contributed by atoms with Crippen molar-refractivity contribution in [2.24, 2.45) is 0 Å². The van der Waals surface area contributed by atoms with Crippen molar-refractivity contribution in [1.29, 1.82) is 0 Å². The minimum atomic E-state index is -1.31. The predicted octanol–water partition coefficient (Wildman–Crippen LogP) is -1.22. The van der Waals surface area contributed by atoms with Gasteiger partial charge in [0, 0.05) is 37.7 Å². The zero-order valence-corrected chi connectivity index (χ0v) is 5.42. The molecule has 0 atom stereocenters. The smallest absolute Gasteiger partial charge is 0.314 e. The molecular weight excluding hydrogens is 114 g/mol. The number of hydrogen-bond donors (Lipinski definition) is 2. The molecule has 0 rings (SSSR count). The summed E-state index contributed by atoms with van der Waals surface area (Å²) in [5.41, 5.74) is 0. The first-order chi connectivity index (χ1) is 3.13. The van der Waals surface area contributed by atoms with Gasteiger partial charge in [-0.2, -0.15) is 0 Å². The van der Waals surface area contributed by atoms with E-state index in [9.17, 15) is 9.59 Å². The summed E-state index contributed by atoms with van der Waals surface area (Å²) in [6.07, 6.45) is -0.806. The van der Waals surface area contributed by atoms with Gasteiger partial charge in [0.15, 0.2) is 0 Å². The van der Waals surface area contributed by atoms with Crippen LogP contribution in [0.25, 0.3) is 0 Å². The molecule has 0 heterocycles. The van der Waals surface area contributed by atoms with Crippen LogP contribution in [0, 0.1) is 0 Å². The van der Waals surface area contributed by atoms with E-state index in [-0.39, 0.29) is 37.7 Å². The van der Waals surface area contributed by atoms with E-state index in [0.717, 1.165) is 0 Å². The van der Waals surface area contributed by atoms with Crippen LogP contribution in [-0.4, -0.2) is 59.9 Å². The summed E-state index contributed by atoms with van der Waals surface area (Å²) >= 11 is 0. The molecule has 0 unspecified atom stereocenters. The summed E-state index contributed by atoms with van der Waals surface area (Å²) < 4.78 is 0. The van der Waals surface area contributed by atoms with Crippen molar-refractivity contribution in [3.63, 3.8) is 0 Å². The van der Waals surface area contributed by atoms with Crippen LogP contribution in [0.3, 0.4) is 0 Å². The fraction of sp³-hybridized carbons (Fsp3) is 0.333. The maximum Gasteiger partial charge on any atom is 0.314 e. The number of rotatable bonds is 2. The Kier molecular flexibility index (Phi) is 14.5. The third-order valence-corrected chi connectivity index (χ3v) is 0.302. The van der Waals surface area contributed by atoms with Crippen LogP contribution in [0.4, 0.5) is 0 Å². The molecule has 0 aliphatic rings. The fourth-order valence-electron chi connectivity index (χ4n) is 0.129. The van der Waals surface area contributed by atoms with Crippen molar-refractivity contribution in [2.45, 2.75) is 6.42 Å². The van der Waals surface area contributed by atoms with Gasteiger partial charge < -0.3 is 10.2 Å². The van der Waals surface area contributed by atoms with E-state index in [1.54, 1.807) is 0 Å². The van der Waals surface area contributed by atoms with Gasteiger partial charge in [0.25, 0.3) is 0 Å². The van der Waals surface area contributed by atoms with E-state index in [0.29, 0.717) is 0 Å². The van der Waals surface area contributed by atoms with E-state index in [1.807, 2.05) is 0 Å². The van der Waals surface area contributed by atoms with Crippen LogP contribution in [0.5, 0.6) is 0 Å². The first kappa shape index (κ1) is 16.1. The molecule has 0 aromatic carbocycles. The zero-order chi connectivity index (χ0) is 5.86. The van der Waals surface area contributed by atoms with Gasteiger partial charge in [-0.3, -0.25) is 9.59 Å². The molecule has 6 heteroatoms. The largest absolute Gasteiger partial charge is 0.481 e. The second kappa shape index (κ2) is 8.13. The van der Waals surface area contributed by atoms with Crippen LogP contribution >= 0.6 is 0 Å². The molecule has 2 N–H and O–H groups in total. The van der Waals surface area contributed by atoms with Gasteiger partial charge in [-0.1, -0.05) is 0 Å². The summed E-state index contributed by atoms with van der Waals surface area (Å²) in [7, 11) is 0. The van der Waals surface area contributed by atoms with Crippen LogP contribution in [0.1, 0.15) is 6.42 Å². The van der Waals surface area contributed by atoms with Gasteiger partial charge in [0.2, 0.25) is 0 Å². The molecule has 4 nitrogen and oxygen atoms in total. The van der Waals surface area contributed by atoms with E-state index in [1.165, 1.54) is 0 Å². The van der Waals surface area contributed by atoms with Crippen LogP contribution in [0.15, 0.2) is 0 Å². The number of aliphatic carboxylic acids is 2. The van der Waals surface area contributed by atoms with Gasteiger partial charge in [0.1, 0.15) is 6.42 Å². The number of carboxylic acid groups (broad SMARTS) is 2.